The van der Waals surface area contributed by atoms with E-state index in [-0.39, 0.29) is 47.8 Å². The summed E-state index contributed by atoms with van der Waals surface area (Å²) in [6.07, 6.45) is 6.94. The molecule has 15 rings (SSSR count). The van der Waals surface area contributed by atoms with E-state index in [0.29, 0.717) is 74.4 Å². The largest absolute Gasteiger partial charge is 0.488 e. The Labute approximate surface area is 689 Å². The number of benzene rings is 6. The summed E-state index contributed by atoms with van der Waals surface area (Å²) < 4.78 is 69.6. The summed E-state index contributed by atoms with van der Waals surface area (Å²) in [6.45, 7) is 23.2. The van der Waals surface area contributed by atoms with Crippen molar-refractivity contribution in [2.75, 3.05) is 59.4 Å². The molecule has 3 aliphatic heterocycles. The predicted molar refractivity (Wildman–Crippen MR) is 447 cm³/mol. The molecule has 12 aromatic rings. The number of Topliss-reactive ketones (excluding diaryl/α,β-unsaturated/α-hetero) is 1. The number of carboxylic acid groups (broad SMARTS) is 2. The number of hydrogen-bond acceptors (Lipinski definition) is 20. The topological polar surface area (TPSA) is 293 Å². The smallest absolute Gasteiger partial charge is 0.345 e. The maximum atomic E-state index is 13.2. The molecule has 0 saturated carbocycles. The van der Waals surface area contributed by atoms with Crippen LogP contribution in [0.1, 0.15) is 139 Å². The van der Waals surface area contributed by atoms with Gasteiger partial charge in [-0.15, -0.1) is 0 Å². The number of ether oxygens (including phenoxy) is 7. The van der Waals surface area contributed by atoms with Gasteiger partial charge in [0.15, 0.2) is 23.2 Å². The van der Waals surface area contributed by atoms with Gasteiger partial charge in [-0.05, 0) is 216 Å². The fraction of sp³-hybridized carbons (Fsp3) is 0.304. The second kappa shape index (κ2) is 40.7. The van der Waals surface area contributed by atoms with E-state index in [9.17, 15) is 38.2 Å². The van der Waals surface area contributed by atoms with Crippen LogP contribution >= 0.6 is 0 Å². The first kappa shape index (κ1) is 85.4. The third-order valence-corrected chi connectivity index (χ3v) is 20.1. The standard InChI is InChI=1S/C31H33FN4O4.C30H32N4O4.C28H28N4O4.C3H5FO/c1-4-39-30-26(31(37)38)17-33-36(30)28-10-6-9-27(34-28)25-8-5-7-20(2)29(25)40-19-22-11-12-24-18-35(21(3)16-32)14-13-23(24)15-22;1-4-36-29-25(30(35)37-5-2)18-32-34(29)27-11-7-10-26(33-27)24-9-6-8-20(3)28(24)38-19-21-12-13-23-17-31-15-14-22(23)16-21;1-3-35-27-23(28(33)34)16-30-32(27)25-9-5-8-24(31-25)22-7-4-6-18(2)26(22)36-17-19-10-11-21-15-29-13-12-20(21)14-19;1-3(5)2-4/h5-12,15,17,21H,4,13-14,16,18-19H2,1-3H3,(H,37,38);6-13,16,18,31H,4-5,14-15,17,19H2,1-3H3;4-11,14,16,29H,3,12-13,15,17H2,1-2H3,(H,33,34);2H2,1H3. The molecule has 618 valence electrons. The maximum Gasteiger partial charge on any atom is 0.345 e. The lowest BCUT2D eigenvalue weighted by Gasteiger charge is -2.32. The van der Waals surface area contributed by atoms with Crippen LogP contribution in [-0.2, 0) is 68.2 Å². The third-order valence-electron chi connectivity index (χ3n) is 20.1. The minimum Gasteiger partial charge on any atom is -0.488 e. The molecular weight excluding hydrogens is 1520 g/mol. The molecule has 0 radical (unpaired) electrons. The van der Waals surface area contributed by atoms with Crippen molar-refractivity contribution >= 4 is 23.7 Å². The number of halogens is 2. The number of aryl methyl sites for hydroxylation is 3. The van der Waals surface area contributed by atoms with Gasteiger partial charge in [-0.2, -0.15) is 29.3 Å². The average molecular weight is 1620 g/mol. The molecule has 0 spiro atoms. The first-order valence-corrected chi connectivity index (χ1v) is 39.8. The summed E-state index contributed by atoms with van der Waals surface area (Å²) >= 11 is 0. The van der Waals surface area contributed by atoms with Gasteiger partial charge in [0, 0.05) is 48.9 Å². The first-order valence-electron chi connectivity index (χ1n) is 39.8. The highest BCUT2D eigenvalue weighted by Gasteiger charge is 2.27. The number of nitrogens with one attached hydrogen (secondary N) is 2. The van der Waals surface area contributed by atoms with Gasteiger partial charge in [-0.3, -0.25) is 9.69 Å². The number of ketones is 1. The van der Waals surface area contributed by atoms with E-state index in [2.05, 4.69) is 85.4 Å². The van der Waals surface area contributed by atoms with E-state index in [0.717, 1.165) is 132 Å². The van der Waals surface area contributed by atoms with Crippen molar-refractivity contribution < 1.29 is 71.3 Å². The fourth-order valence-electron chi connectivity index (χ4n) is 14.1. The Hall–Kier alpha value is -13.0. The van der Waals surface area contributed by atoms with Crippen molar-refractivity contribution in [3.63, 3.8) is 0 Å². The minimum absolute atomic E-state index is 0.00976. The lowest BCUT2D eigenvalue weighted by atomic mass is 9.96. The molecule has 9 heterocycles. The Bertz CT molecular complexity index is 5570. The van der Waals surface area contributed by atoms with Crippen LogP contribution in [0.15, 0.2) is 182 Å². The zero-order valence-electron chi connectivity index (χ0n) is 68.2. The van der Waals surface area contributed by atoms with Crippen LogP contribution in [0, 0.1) is 20.8 Å². The third kappa shape index (κ3) is 20.9. The number of pyridine rings is 3. The molecule has 0 aliphatic carbocycles. The molecule has 6 aromatic heterocycles. The summed E-state index contributed by atoms with van der Waals surface area (Å²) in [5, 5.41) is 38.7. The van der Waals surface area contributed by atoms with Gasteiger partial charge >= 0.3 is 17.9 Å². The number of carbonyl (C=O) groups is 4. The Kier molecular flexibility index (Phi) is 29.2. The molecule has 25 nitrogen and oxygen atoms in total. The van der Waals surface area contributed by atoms with Crippen molar-refractivity contribution in [1.29, 1.82) is 0 Å². The number of aromatic carboxylic acids is 2. The molecule has 1 unspecified atom stereocenters. The summed E-state index contributed by atoms with van der Waals surface area (Å²) in [5.74, 6) is 1.17. The minimum atomic E-state index is -1.12. The van der Waals surface area contributed by atoms with Crippen LogP contribution in [0.25, 0.3) is 51.2 Å². The molecule has 0 saturated heterocycles. The Balaban J connectivity index is 0.000000159. The summed E-state index contributed by atoms with van der Waals surface area (Å²) in [6, 6.07) is 54.0. The monoisotopic (exact) mass is 1620 g/mol. The zero-order chi connectivity index (χ0) is 84.1. The highest BCUT2D eigenvalue weighted by molar-refractivity contribution is 5.92. The van der Waals surface area contributed by atoms with Gasteiger partial charge in [-0.1, -0.05) is 109 Å². The molecule has 0 bridgehead atoms. The van der Waals surface area contributed by atoms with Crippen LogP contribution < -0.4 is 39.1 Å². The number of alkyl halides is 2. The van der Waals surface area contributed by atoms with Crippen LogP contribution in [0.5, 0.6) is 34.9 Å². The number of rotatable bonds is 28. The number of aromatic nitrogens is 9. The van der Waals surface area contributed by atoms with E-state index >= 15 is 0 Å². The SMILES string of the molecule is CC(=O)CF.CCOC(=O)c1cnn(-c2cccc(-c3cccc(C)c3OCc3ccc4c(c3)CCNC4)n2)c1OCC.CCOc1c(C(=O)O)cnn1-c1cccc(-c2cccc(C)c2OCc2ccc3c(c2)CCN(C(C)CF)C3)n1.CCOc1c(C(=O)O)cnn1-c1cccc(-c2cccc(C)c2OCc2ccc3c(c2)CCNC3)n1. The molecule has 27 heteroatoms. The van der Waals surface area contributed by atoms with E-state index in [4.69, 9.17) is 48.1 Å². The van der Waals surface area contributed by atoms with Crippen LogP contribution in [0.3, 0.4) is 0 Å². The highest BCUT2D eigenvalue weighted by Crippen LogP contribution is 2.39. The Morgan fingerprint density at radius 1 is 0.454 bits per heavy atom. The second-order valence-electron chi connectivity index (χ2n) is 28.5. The van der Waals surface area contributed by atoms with E-state index < -0.39 is 30.4 Å². The number of carboxylic acids is 2. The molecule has 119 heavy (non-hydrogen) atoms. The van der Waals surface area contributed by atoms with Crippen molar-refractivity contribution in [3.05, 3.63) is 266 Å². The van der Waals surface area contributed by atoms with Crippen molar-refractivity contribution in [1.82, 2.24) is 59.8 Å². The number of hydrogen-bond donors (Lipinski definition) is 4. The molecular formula is C92H98F2N12O13. The van der Waals surface area contributed by atoms with Crippen molar-refractivity contribution in [2.24, 2.45) is 0 Å². The maximum absolute atomic E-state index is 13.2. The van der Waals surface area contributed by atoms with E-state index in [1.807, 2.05) is 132 Å². The van der Waals surface area contributed by atoms with E-state index in [1.54, 1.807) is 32.9 Å². The first-order chi connectivity index (χ1) is 57.8. The summed E-state index contributed by atoms with van der Waals surface area (Å²) in [5.41, 5.74) is 19.2. The van der Waals surface area contributed by atoms with Crippen molar-refractivity contribution in [3.8, 4) is 86.1 Å². The molecule has 6 aromatic carbocycles. The van der Waals surface area contributed by atoms with Gasteiger partial charge in [-0.25, -0.2) is 38.1 Å². The average Bonchev–Trinajstić information content (AvgIpc) is 1.73. The van der Waals surface area contributed by atoms with Gasteiger partial charge < -0.3 is 54.0 Å². The Morgan fingerprint density at radius 2 is 0.815 bits per heavy atom. The van der Waals surface area contributed by atoms with Crippen LogP contribution in [0.4, 0.5) is 8.78 Å². The number of esters is 1. The number of fused-ring (bicyclic) bond motifs is 3. The second-order valence-corrected chi connectivity index (χ2v) is 28.5. The summed E-state index contributed by atoms with van der Waals surface area (Å²) in [7, 11) is 0. The molecule has 3 aliphatic rings. The lowest BCUT2D eigenvalue weighted by Crippen LogP contribution is -2.38. The quantitative estimate of drug-likeness (QED) is 0.0331. The number of nitrogens with zero attached hydrogens (tertiary/aromatic N) is 10. The summed E-state index contributed by atoms with van der Waals surface area (Å²) in [4.78, 5) is 61.7. The van der Waals surface area contributed by atoms with Gasteiger partial charge in [0.25, 0.3) is 0 Å². The van der Waals surface area contributed by atoms with Gasteiger partial charge in [0.1, 0.15) is 67.1 Å². The fourth-order valence-corrected chi connectivity index (χ4v) is 14.1. The van der Waals surface area contributed by atoms with E-state index in [1.165, 1.54) is 72.9 Å². The Morgan fingerprint density at radius 3 is 1.18 bits per heavy atom. The van der Waals surface area contributed by atoms with Gasteiger partial charge in [0.05, 0.1) is 62.1 Å². The van der Waals surface area contributed by atoms with Crippen LogP contribution in [0.2, 0.25) is 0 Å². The predicted octanol–water partition coefficient (Wildman–Crippen LogP) is 15.8. The van der Waals surface area contributed by atoms with Crippen LogP contribution in [-0.4, -0.2) is 149 Å². The number of carbonyl (C=O) groups excluding carboxylic acids is 2. The normalized spacial score (nSPS) is 12.9. The zero-order valence-corrected chi connectivity index (χ0v) is 68.2. The lowest BCUT2D eigenvalue weighted by molar-refractivity contribution is -0.117. The molecule has 4 N–H and O–H groups in total. The number of para-hydroxylation sites is 3. The molecule has 0 amide bonds. The van der Waals surface area contributed by atoms with Crippen molar-refractivity contribution in [2.45, 2.75) is 127 Å². The molecule has 1 atom stereocenters. The molecule has 0 fully saturated rings. The van der Waals surface area contributed by atoms with Gasteiger partial charge in [0.2, 0.25) is 17.6 Å². The highest BCUT2D eigenvalue weighted by atomic mass is 19.1.